The summed E-state index contributed by atoms with van der Waals surface area (Å²) in [6.45, 7) is 0.312. The molecule has 0 aliphatic heterocycles. The number of methoxy groups -OCH3 is 1. The molecule has 0 unspecified atom stereocenters. The largest absolute Gasteiger partial charge is 0.496 e. The number of nitrogens with zero attached hydrogens (tertiary/aromatic N) is 1. The van der Waals surface area contributed by atoms with E-state index in [0.29, 0.717) is 23.7 Å². The predicted molar refractivity (Wildman–Crippen MR) is 142 cm³/mol. The summed E-state index contributed by atoms with van der Waals surface area (Å²) in [5, 5.41) is 15.0. The third kappa shape index (κ3) is 5.96. The lowest BCUT2D eigenvalue weighted by Gasteiger charge is -2.10. The lowest BCUT2D eigenvalue weighted by atomic mass is 10.1. The van der Waals surface area contributed by atoms with Crippen molar-refractivity contribution in [3.8, 4) is 11.5 Å². The maximum absolute atomic E-state index is 12.7. The molecular formula is C27H21IN2O5. The van der Waals surface area contributed by atoms with Crippen molar-refractivity contribution in [3.63, 3.8) is 0 Å². The van der Waals surface area contributed by atoms with Crippen molar-refractivity contribution in [1.82, 2.24) is 5.43 Å². The van der Waals surface area contributed by atoms with Gasteiger partial charge in [-0.3, -0.25) is 4.79 Å². The minimum Gasteiger partial charge on any atom is -0.496 e. The van der Waals surface area contributed by atoms with Crippen LogP contribution in [0.2, 0.25) is 0 Å². The van der Waals surface area contributed by atoms with Gasteiger partial charge in [0.2, 0.25) is 0 Å². The van der Waals surface area contributed by atoms with Crippen LogP contribution in [0.5, 0.6) is 11.5 Å². The lowest BCUT2D eigenvalue weighted by molar-refractivity contribution is 0.0696. The van der Waals surface area contributed by atoms with Gasteiger partial charge < -0.3 is 14.6 Å². The fourth-order valence-corrected chi connectivity index (χ4v) is 4.11. The van der Waals surface area contributed by atoms with Crippen LogP contribution in [0.25, 0.3) is 10.8 Å². The number of ether oxygens (including phenoxy) is 2. The fraction of sp³-hybridized carbons (Fsp3) is 0.0741. The number of hydrogen-bond acceptors (Lipinski definition) is 5. The second kappa shape index (κ2) is 11.0. The monoisotopic (exact) mass is 580 g/mol. The number of halogens is 1. The lowest BCUT2D eigenvalue weighted by Crippen LogP contribution is -2.18. The SMILES string of the molecule is COc1cc2ccccc2cc1C(=O)N/N=C\c1ccc(OCc2ccc(C(=O)O)cc2)c(I)c1. The van der Waals surface area contributed by atoms with Gasteiger partial charge in [-0.1, -0.05) is 36.4 Å². The standard InChI is InChI=1S/C27H21IN2O5/c1-34-25-14-21-5-3-2-4-20(21)13-22(25)26(31)30-29-15-18-8-11-24(23(28)12-18)35-16-17-6-9-19(10-7-17)27(32)33/h2-15H,16H2,1H3,(H,30,31)(H,32,33)/b29-15-. The molecule has 0 bridgehead atoms. The number of amides is 1. The number of carboxylic acid groups (broad SMARTS) is 1. The molecule has 1 amide bonds. The van der Waals surface area contributed by atoms with Crippen LogP contribution in [-0.4, -0.2) is 30.3 Å². The minimum atomic E-state index is -0.961. The fourth-order valence-electron chi connectivity index (χ4n) is 3.41. The van der Waals surface area contributed by atoms with E-state index in [9.17, 15) is 9.59 Å². The molecule has 0 heterocycles. The molecule has 8 heteroatoms. The van der Waals surface area contributed by atoms with E-state index in [4.69, 9.17) is 14.6 Å². The summed E-state index contributed by atoms with van der Waals surface area (Å²) in [5.41, 5.74) is 4.84. The van der Waals surface area contributed by atoms with E-state index in [1.54, 1.807) is 36.5 Å². The molecule has 4 aromatic rings. The van der Waals surface area contributed by atoms with Crippen LogP contribution in [0.4, 0.5) is 0 Å². The average molecular weight is 580 g/mol. The van der Waals surface area contributed by atoms with Crippen molar-refractivity contribution in [2.75, 3.05) is 7.11 Å². The summed E-state index contributed by atoms with van der Waals surface area (Å²) >= 11 is 2.17. The van der Waals surface area contributed by atoms with Crippen LogP contribution in [0.3, 0.4) is 0 Å². The van der Waals surface area contributed by atoms with Gasteiger partial charge in [-0.15, -0.1) is 0 Å². The van der Waals surface area contributed by atoms with Gasteiger partial charge in [-0.2, -0.15) is 5.10 Å². The molecule has 35 heavy (non-hydrogen) atoms. The zero-order chi connectivity index (χ0) is 24.8. The molecule has 0 fully saturated rings. The normalized spacial score (nSPS) is 10.9. The molecule has 0 atom stereocenters. The molecular weight excluding hydrogens is 559 g/mol. The van der Waals surface area contributed by atoms with Crippen molar-refractivity contribution in [1.29, 1.82) is 0 Å². The van der Waals surface area contributed by atoms with Gasteiger partial charge >= 0.3 is 5.97 Å². The Morgan fingerprint density at radius 2 is 1.69 bits per heavy atom. The topological polar surface area (TPSA) is 97.2 Å². The van der Waals surface area contributed by atoms with Gasteiger partial charge in [0.05, 0.1) is 28.0 Å². The first-order chi connectivity index (χ1) is 16.9. The number of aromatic carboxylic acids is 1. The van der Waals surface area contributed by atoms with Gasteiger partial charge in [0.15, 0.2) is 0 Å². The highest BCUT2D eigenvalue weighted by Crippen LogP contribution is 2.26. The van der Waals surface area contributed by atoms with E-state index in [1.807, 2.05) is 48.5 Å². The number of rotatable bonds is 8. The maximum atomic E-state index is 12.7. The number of benzene rings is 4. The molecule has 0 aliphatic carbocycles. The molecule has 7 nitrogen and oxygen atoms in total. The Kier molecular flexibility index (Phi) is 7.61. The summed E-state index contributed by atoms with van der Waals surface area (Å²) in [7, 11) is 1.53. The summed E-state index contributed by atoms with van der Waals surface area (Å²) in [6, 6.07) is 23.4. The number of carbonyl (C=O) groups is 2. The smallest absolute Gasteiger partial charge is 0.335 e. The Hall–Kier alpha value is -3.92. The van der Waals surface area contributed by atoms with Gasteiger partial charge in [0, 0.05) is 0 Å². The van der Waals surface area contributed by atoms with Crippen LogP contribution in [0.1, 0.15) is 31.8 Å². The minimum absolute atomic E-state index is 0.234. The summed E-state index contributed by atoms with van der Waals surface area (Å²) < 4.78 is 12.1. The molecule has 4 rings (SSSR count). The third-order valence-corrected chi connectivity index (χ3v) is 6.09. The molecule has 176 valence electrons. The van der Waals surface area contributed by atoms with E-state index in [0.717, 1.165) is 25.5 Å². The van der Waals surface area contributed by atoms with Gasteiger partial charge in [-0.05, 0) is 87.0 Å². The number of fused-ring (bicyclic) bond motifs is 1. The van der Waals surface area contributed by atoms with Gasteiger partial charge in [0.25, 0.3) is 5.91 Å². The molecule has 0 saturated heterocycles. The first-order valence-corrected chi connectivity index (χ1v) is 11.7. The maximum Gasteiger partial charge on any atom is 0.335 e. The molecule has 0 aromatic heterocycles. The van der Waals surface area contributed by atoms with Crippen LogP contribution in [0.15, 0.2) is 84.0 Å². The van der Waals surface area contributed by atoms with Crippen LogP contribution in [-0.2, 0) is 6.61 Å². The summed E-state index contributed by atoms with van der Waals surface area (Å²) in [5.74, 6) is -0.163. The number of nitrogens with one attached hydrogen (secondary N) is 1. The molecule has 0 radical (unpaired) electrons. The number of carbonyl (C=O) groups excluding carboxylic acids is 1. The quantitative estimate of drug-likeness (QED) is 0.163. The molecule has 0 spiro atoms. The van der Waals surface area contributed by atoms with Gasteiger partial charge in [0.1, 0.15) is 18.1 Å². The van der Waals surface area contributed by atoms with Crippen molar-refractivity contribution in [3.05, 3.63) is 105 Å². The highest BCUT2D eigenvalue weighted by molar-refractivity contribution is 14.1. The van der Waals surface area contributed by atoms with E-state index in [-0.39, 0.29) is 11.5 Å². The highest BCUT2D eigenvalue weighted by atomic mass is 127. The van der Waals surface area contributed by atoms with Crippen LogP contribution in [0, 0.1) is 3.57 Å². The van der Waals surface area contributed by atoms with Crippen LogP contribution < -0.4 is 14.9 Å². The van der Waals surface area contributed by atoms with E-state index >= 15 is 0 Å². The zero-order valence-corrected chi connectivity index (χ0v) is 20.9. The molecule has 2 N–H and O–H groups in total. The Balaban J connectivity index is 1.39. The zero-order valence-electron chi connectivity index (χ0n) is 18.7. The van der Waals surface area contributed by atoms with Crippen LogP contribution >= 0.6 is 22.6 Å². The average Bonchev–Trinajstić information content (AvgIpc) is 2.87. The second-order valence-corrected chi connectivity index (χ2v) is 8.74. The Bertz CT molecular complexity index is 1420. The third-order valence-electron chi connectivity index (χ3n) is 5.24. The number of carboxylic acids is 1. The molecule has 0 saturated carbocycles. The summed E-state index contributed by atoms with van der Waals surface area (Å²) in [4.78, 5) is 23.7. The van der Waals surface area contributed by atoms with Crippen molar-refractivity contribution in [2.45, 2.75) is 6.61 Å². The number of hydrazone groups is 1. The van der Waals surface area contributed by atoms with E-state index in [1.165, 1.54) is 7.11 Å². The Labute approximate surface area is 215 Å². The Morgan fingerprint density at radius 1 is 0.971 bits per heavy atom. The van der Waals surface area contributed by atoms with Crippen molar-refractivity contribution in [2.24, 2.45) is 5.10 Å². The van der Waals surface area contributed by atoms with E-state index in [2.05, 4.69) is 33.1 Å². The van der Waals surface area contributed by atoms with E-state index < -0.39 is 5.97 Å². The Morgan fingerprint density at radius 3 is 2.34 bits per heavy atom. The second-order valence-electron chi connectivity index (χ2n) is 7.58. The van der Waals surface area contributed by atoms with Gasteiger partial charge in [-0.25, -0.2) is 10.2 Å². The molecule has 4 aromatic carbocycles. The first-order valence-electron chi connectivity index (χ1n) is 10.6. The highest BCUT2D eigenvalue weighted by Gasteiger charge is 2.13. The number of hydrogen-bond donors (Lipinski definition) is 2. The van der Waals surface area contributed by atoms with Crippen molar-refractivity contribution >= 4 is 51.5 Å². The summed E-state index contributed by atoms with van der Waals surface area (Å²) in [6.07, 6.45) is 1.56. The first kappa shape index (κ1) is 24.2. The van der Waals surface area contributed by atoms with Crippen molar-refractivity contribution < 1.29 is 24.2 Å². The predicted octanol–water partition coefficient (Wildman–Crippen LogP) is 5.49. The molecule has 0 aliphatic rings.